The number of aromatic nitrogens is 3. The average molecular weight is 418 g/mol. The summed E-state index contributed by atoms with van der Waals surface area (Å²) in [5, 5.41) is 7.50. The first-order valence-electron chi connectivity index (χ1n) is 8.28. The van der Waals surface area contributed by atoms with E-state index >= 15 is 0 Å². The van der Waals surface area contributed by atoms with Crippen LogP contribution >= 0.6 is 11.8 Å². The number of sulfonamides is 1. The van der Waals surface area contributed by atoms with E-state index in [0.717, 1.165) is 9.99 Å². The summed E-state index contributed by atoms with van der Waals surface area (Å²) in [4.78, 5) is 16.5. The number of rotatable bonds is 7. The van der Waals surface area contributed by atoms with Gasteiger partial charge in [0.25, 0.3) is 0 Å². The number of para-hydroxylation sites is 1. The number of benzene rings is 2. The molecule has 0 saturated carbocycles. The van der Waals surface area contributed by atoms with Gasteiger partial charge in [-0.3, -0.25) is 4.79 Å². The van der Waals surface area contributed by atoms with Crippen molar-refractivity contribution in [3.05, 3.63) is 60.9 Å². The van der Waals surface area contributed by atoms with E-state index in [2.05, 4.69) is 15.4 Å². The minimum absolute atomic E-state index is 0.101. The molecule has 3 aromatic rings. The van der Waals surface area contributed by atoms with Crippen LogP contribution in [-0.2, 0) is 14.8 Å². The lowest BCUT2D eigenvalue weighted by atomic mass is 10.3. The van der Waals surface area contributed by atoms with E-state index in [1.54, 1.807) is 23.1 Å². The second-order valence-corrected chi connectivity index (χ2v) is 9.05. The molecule has 1 amide bonds. The van der Waals surface area contributed by atoms with Crippen LogP contribution in [0, 0.1) is 0 Å². The molecule has 0 radical (unpaired) electrons. The fraction of sp³-hybridized carbons (Fsp3) is 0.167. The number of carbonyl (C=O) groups excluding carboxylic acids is 1. The van der Waals surface area contributed by atoms with Crippen LogP contribution in [0.2, 0.25) is 0 Å². The Hall–Kier alpha value is -2.69. The molecule has 2 aromatic carbocycles. The Bertz CT molecular complexity index is 1070. The van der Waals surface area contributed by atoms with Gasteiger partial charge in [-0.2, -0.15) is 0 Å². The molecule has 0 saturated heterocycles. The van der Waals surface area contributed by atoms with Gasteiger partial charge in [-0.1, -0.05) is 36.0 Å². The summed E-state index contributed by atoms with van der Waals surface area (Å²) in [6.07, 6.45) is 1.59. The molecule has 0 atom stereocenters. The fourth-order valence-electron chi connectivity index (χ4n) is 2.29. The summed E-state index contributed by atoms with van der Waals surface area (Å²) in [6, 6.07) is 15.7. The highest BCUT2D eigenvalue weighted by Crippen LogP contribution is 2.19. The second-order valence-electron chi connectivity index (χ2n) is 5.96. The molecule has 0 aliphatic heterocycles. The van der Waals surface area contributed by atoms with Gasteiger partial charge in [0, 0.05) is 19.8 Å². The van der Waals surface area contributed by atoms with Crippen LogP contribution in [0.25, 0.3) is 5.69 Å². The van der Waals surface area contributed by atoms with Crippen LogP contribution in [0.3, 0.4) is 0 Å². The maximum Gasteiger partial charge on any atom is 0.242 e. The number of amides is 1. The molecule has 146 valence electrons. The molecular weight excluding hydrogens is 398 g/mol. The number of thioether (sulfide) groups is 1. The topological polar surface area (TPSA) is 97.2 Å². The molecule has 1 heterocycles. The first kappa shape index (κ1) is 20.1. The van der Waals surface area contributed by atoms with E-state index in [1.165, 1.54) is 38.0 Å². The van der Waals surface area contributed by atoms with Crippen LogP contribution in [0.4, 0.5) is 5.69 Å². The quantitative estimate of drug-likeness (QED) is 0.592. The van der Waals surface area contributed by atoms with E-state index in [1.807, 2.05) is 30.3 Å². The zero-order valence-corrected chi connectivity index (χ0v) is 16.9. The van der Waals surface area contributed by atoms with Gasteiger partial charge in [0.15, 0.2) is 0 Å². The number of hydrogen-bond donors (Lipinski definition) is 1. The smallest absolute Gasteiger partial charge is 0.242 e. The van der Waals surface area contributed by atoms with Crippen LogP contribution in [0.1, 0.15) is 0 Å². The van der Waals surface area contributed by atoms with Crippen molar-refractivity contribution in [1.29, 1.82) is 0 Å². The first-order chi connectivity index (χ1) is 13.4. The summed E-state index contributed by atoms with van der Waals surface area (Å²) in [5.74, 6) is -0.177. The monoisotopic (exact) mass is 417 g/mol. The largest absolute Gasteiger partial charge is 0.325 e. The van der Waals surface area contributed by atoms with E-state index in [9.17, 15) is 13.2 Å². The minimum Gasteiger partial charge on any atom is -0.325 e. The van der Waals surface area contributed by atoms with Crippen molar-refractivity contribution in [1.82, 2.24) is 19.1 Å². The molecule has 1 aromatic heterocycles. The highest BCUT2D eigenvalue weighted by atomic mass is 32.2. The van der Waals surface area contributed by atoms with Crippen molar-refractivity contribution in [3.8, 4) is 5.69 Å². The van der Waals surface area contributed by atoms with Gasteiger partial charge in [0.05, 0.1) is 16.3 Å². The Labute approximate surface area is 167 Å². The van der Waals surface area contributed by atoms with Gasteiger partial charge in [-0.05, 0) is 30.3 Å². The van der Waals surface area contributed by atoms with Crippen molar-refractivity contribution in [2.75, 3.05) is 25.2 Å². The van der Waals surface area contributed by atoms with Crippen LogP contribution in [0.5, 0.6) is 0 Å². The molecule has 0 bridgehead atoms. The minimum atomic E-state index is -3.56. The predicted molar refractivity (Wildman–Crippen MR) is 108 cm³/mol. The van der Waals surface area contributed by atoms with Crippen LogP contribution < -0.4 is 5.32 Å². The van der Waals surface area contributed by atoms with Crippen molar-refractivity contribution in [2.24, 2.45) is 0 Å². The van der Waals surface area contributed by atoms with E-state index < -0.39 is 10.0 Å². The molecule has 3 rings (SSSR count). The number of nitrogens with zero attached hydrogens (tertiary/aromatic N) is 4. The van der Waals surface area contributed by atoms with Gasteiger partial charge in [-0.25, -0.2) is 22.4 Å². The number of hydrogen-bond acceptors (Lipinski definition) is 6. The fourth-order valence-corrected chi connectivity index (χ4v) is 3.84. The third-order valence-corrected chi connectivity index (χ3v) is 6.38. The maximum absolute atomic E-state index is 12.2. The Morgan fingerprint density at radius 2 is 1.89 bits per heavy atom. The molecule has 8 nitrogen and oxygen atoms in total. The molecule has 0 spiro atoms. The van der Waals surface area contributed by atoms with Gasteiger partial charge in [-0.15, -0.1) is 5.10 Å². The van der Waals surface area contributed by atoms with Crippen molar-refractivity contribution < 1.29 is 13.2 Å². The van der Waals surface area contributed by atoms with Crippen molar-refractivity contribution in [3.63, 3.8) is 0 Å². The molecule has 0 unspecified atom stereocenters. The van der Waals surface area contributed by atoms with Gasteiger partial charge >= 0.3 is 0 Å². The van der Waals surface area contributed by atoms with Gasteiger partial charge < -0.3 is 5.32 Å². The molecule has 0 aliphatic rings. The first-order valence-corrected chi connectivity index (χ1v) is 10.7. The molecule has 10 heteroatoms. The summed E-state index contributed by atoms with van der Waals surface area (Å²) >= 11 is 1.20. The Morgan fingerprint density at radius 3 is 2.61 bits per heavy atom. The SMILES string of the molecule is CN(C)S(=O)(=O)c1cccc(NC(=O)CSc2ncn(-c3ccccc3)n2)c1. The zero-order valence-electron chi connectivity index (χ0n) is 15.3. The normalized spacial score (nSPS) is 11.5. The lowest BCUT2D eigenvalue weighted by Gasteiger charge is -2.12. The highest BCUT2D eigenvalue weighted by molar-refractivity contribution is 7.99. The Kier molecular flexibility index (Phi) is 6.12. The molecular formula is C18H19N5O3S2. The molecule has 0 aliphatic carbocycles. The van der Waals surface area contributed by atoms with Gasteiger partial charge in [0.1, 0.15) is 6.33 Å². The lowest BCUT2D eigenvalue weighted by Crippen LogP contribution is -2.22. The highest BCUT2D eigenvalue weighted by Gasteiger charge is 2.17. The number of carbonyl (C=O) groups is 1. The van der Waals surface area contributed by atoms with E-state index in [4.69, 9.17) is 0 Å². The predicted octanol–water partition coefficient (Wildman–Crippen LogP) is 2.25. The number of nitrogens with one attached hydrogen (secondary N) is 1. The Balaban J connectivity index is 1.60. The summed E-state index contributed by atoms with van der Waals surface area (Å²) in [5.41, 5.74) is 1.29. The average Bonchev–Trinajstić information content (AvgIpc) is 3.16. The van der Waals surface area contributed by atoms with Crippen LogP contribution in [-0.4, -0.2) is 53.2 Å². The van der Waals surface area contributed by atoms with Gasteiger partial charge in [0.2, 0.25) is 21.1 Å². The van der Waals surface area contributed by atoms with E-state index in [0.29, 0.717) is 10.8 Å². The molecule has 0 fully saturated rings. The standard InChI is InChI=1S/C18H19N5O3S2/c1-22(2)28(25,26)16-10-6-7-14(11-16)20-17(24)12-27-18-19-13-23(21-18)15-8-4-3-5-9-15/h3-11,13H,12H2,1-2H3,(H,20,24). The molecule has 1 N–H and O–H groups in total. The molecule has 28 heavy (non-hydrogen) atoms. The summed E-state index contributed by atoms with van der Waals surface area (Å²) in [6.45, 7) is 0. The van der Waals surface area contributed by atoms with Crippen molar-refractivity contribution >= 4 is 33.4 Å². The van der Waals surface area contributed by atoms with Crippen molar-refractivity contribution in [2.45, 2.75) is 10.1 Å². The number of anilines is 1. The zero-order chi connectivity index (χ0) is 20.1. The Morgan fingerprint density at radius 1 is 1.14 bits per heavy atom. The lowest BCUT2D eigenvalue weighted by molar-refractivity contribution is -0.113. The van der Waals surface area contributed by atoms with E-state index in [-0.39, 0.29) is 16.6 Å². The maximum atomic E-state index is 12.2. The summed E-state index contributed by atoms with van der Waals surface area (Å²) in [7, 11) is -0.646. The third kappa shape index (κ3) is 4.77. The second kappa shape index (κ2) is 8.55. The summed E-state index contributed by atoms with van der Waals surface area (Å²) < 4.78 is 27.1. The van der Waals surface area contributed by atoms with Crippen LogP contribution in [0.15, 0.2) is 71.0 Å². The third-order valence-electron chi connectivity index (χ3n) is 3.72.